The van der Waals surface area contributed by atoms with Gasteiger partial charge in [0, 0.05) is 13.0 Å². The van der Waals surface area contributed by atoms with E-state index in [2.05, 4.69) is 10.6 Å². The lowest BCUT2D eigenvalue weighted by molar-refractivity contribution is -0.137. The molecule has 21 heavy (non-hydrogen) atoms. The first-order chi connectivity index (χ1) is 9.99. The van der Waals surface area contributed by atoms with Crippen LogP contribution in [-0.2, 0) is 9.59 Å². The molecule has 116 valence electrons. The molecule has 0 radical (unpaired) electrons. The number of hydrogen-bond acceptors (Lipinski definition) is 4. The highest BCUT2D eigenvalue weighted by molar-refractivity contribution is 5.94. The van der Waals surface area contributed by atoms with Crippen molar-refractivity contribution in [3.63, 3.8) is 0 Å². The highest BCUT2D eigenvalue weighted by Crippen LogP contribution is 2.08. The molecule has 0 spiro atoms. The topological polar surface area (TPSA) is 109 Å². The van der Waals surface area contributed by atoms with Gasteiger partial charge < -0.3 is 20.2 Å². The molecule has 1 unspecified atom stereocenters. The van der Waals surface area contributed by atoms with E-state index in [1.54, 1.807) is 6.07 Å². The summed E-state index contributed by atoms with van der Waals surface area (Å²) in [4.78, 5) is 33.4. The van der Waals surface area contributed by atoms with E-state index >= 15 is 0 Å². The molecule has 0 bridgehead atoms. The Morgan fingerprint density at radius 2 is 2.05 bits per heavy atom. The molecule has 1 aromatic heterocycles. The third-order valence-corrected chi connectivity index (χ3v) is 2.96. The van der Waals surface area contributed by atoms with Crippen LogP contribution in [0.15, 0.2) is 22.8 Å². The zero-order valence-electron chi connectivity index (χ0n) is 11.9. The molecule has 3 N–H and O–H groups in total. The fraction of sp³-hybridized carbons (Fsp3) is 0.500. The summed E-state index contributed by atoms with van der Waals surface area (Å²) in [6.45, 7) is 2.27. The van der Waals surface area contributed by atoms with Crippen molar-refractivity contribution < 1.29 is 23.9 Å². The molecule has 7 heteroatoms. The summed E-state index contributed by atoms with van der Waals surface area (Å²) in [5.74, 6) is -1.17. The number of nitrogens with one attached hydrogen (secondary N) is 2. The average molecular weight is 296 g/mol. The minimum absolute atomic E-state index is 0.122. The molecule has 7 nitrogen and oxygen atoms in total. The van der Waals surface area contributed by atoms with Gasteiger partial charge in [0.1, 0.15) is 0 Å². The zero-order chi connectivity index (χ0) is 15.7. The number of aliphatic carboxylic acids is 1. The van der Waals surface area contributed by atoms with E-state index in [4.69, 9.17) is 9.52 Å². The highest BCUT2D eigenvalue weighted by Gasteiger charge is 2.10. The molecule has 1 aromatic rings. The monoisotopic (exact) mass is 296 g/mol. The number of carboxylic acids is 1. The van der Waals surface area contributed by atoms with E-state index in [0.29, 0.717) is 19.4 Å². The van der Waals surface area contributed by atoms with Crippen molar-refractivity contribution in [3.8, 4) is 0 Å². The first-order valence-electron chi connectivity index (χ1n) is 6.79. The smallest absolute Gasteiger partial charge is 0.303 e. The minimum atomic E-state index is -0.813. The second-order valence-corrected chi connectivity index (χ2v) is 4.84. The Morgan fingerprint density at radius 3 is 2.67 bits per heavy atom. The van der Waals surface area contributed by atoms with Crippen LogP contribution in [0, 0.1) is 5.92 Å². The van der Waals surface area contributed by atoms with Gasteiger partial charge in [-0.25, -0.2) is 0 Å². The van der Waals surface area contributed by atoms with Crippen LogP contribution < -0.4 is 10.6 Å². The maximum Gasteiger partial charge on any atom is 0.303 e. The van der Waals surface area contributed by atoms with Gasteiger partial charge in [0.2, 0.25) is 5.91 Å². The molecule has 0 fully saturated rings. The molecule has 0 saturated carbocycles. The quantitative estimate of drug-likeness (QED) is 0.630. The summed E-state index contributed by atoms with van der Waals surface area (Å²) >= 11 is 0. The van der Waals surface area contributed by atoms with Gasteiger partial charge in [-0.1, -0.05) is 6.92 Å². The Bertz CT molecular complexity index is 470. The number of carbonyl (C=O) groups is 3. The van der Waals surface area contributed by atoms with Crippen molar-refractivity contribution in [2.24, 2.45) is 5.92 Å². The number of carboxylic acid groups (broad SMARTS) is 1. The van der Waals surface area contributed by atoms with Gasteiger partial charge >= 0.3 is 5.97 Å². The van der Waals surface area contributed by atoms with Gasteiger partial charge in [-0.2, -0.15) is 0 Å². The average Bonchev–Trinajstić information content (AvgIpc) is 2.96. The lowest BCUT2D eigenvalue weighted by atomic mass is 10.0. The highest BCUT2D eigenvalue weighted by atomic mass is 16.4. The van der Waals surface area contributed by atoms with E-state index in [1.165, 1.54) is 12.3 Å². The number of rotatable bonds is 9. The molecule has 0 aliphatic carbocycles. The first kappa shape index (κ1) is 16.7. The van der Waals surface area contributed by atoms with Gasteiger partial charge in [0.15, 0.2) is 5.76 Å². The molecule has 1 rings (SSSR count). The molecule has 2 amide bonds. The molecular formula is C14H20N2O5. The van der Waals surface area contributed by atoms with Crippen LogP contribution >= 0.6 is 0 Å². The van der Waals surface area contributed by atoms with Crippen LogP contribution in [0.25, 0.3) is 0 Å². The molecule has 0 aliphatic heterocycles. The van der Waals surface area contributed by atoms with E-state index in [1.807, 2.05) is 6.92 Å². The minimum Gasteiger partial charge on any atom is -0.481 e. The summed E-state index contributed by atoms with van der Waals surface area (Å²) in [6, 6.07) is 3.10. The van der Waals surface area contributed by atoms with Crippen molar-refractivity contribution in [1.29, 1.82) is 0 Å². The Morgan fingerprint density at radius 1 is 1.29 bits per heavy atom. The third-order valence-electron chi connectivity index (χ3n) is 2.96. The maximum atomic E-state index is 11.5. The predicted molar refractivity (Wildman–Crippen MR) is 74.7 cm³/mol. The van der Waals surface area contributed by atoms with E-state index < -0.39 is 11.9 Å². The van der Waals surface area contributed by atoms with E-state index in [9.17, 15) is 14.4 Å². The second-order valence-electron chi connectivity index (χ2n) is 4.84. The van der Waals surface area contributed by atoms with Crippen molar-refractivity contribution in [3.05, 3.63) is 24.2 Å². The van der Waals surface area contributed by atoms with Gasteiger partial charge in [0.05, 0.1) is 12.8 Å². The van der Waals surface area contributed by atoms with Gasteiger partial charge in [-0.15, -0.1) is 0 Å². The van der Waals surface area contributed by atoms with Crippen molar-refractivity contribution >= 4 is 17.8 Å². The van der Waals surface area contributed by atoms with Crippen LogP contribution in [-0.4, -0.2) is 36.0 Å². The van der Waals surface area contributed by atoms with Crippen molar-refractivity contribution in [2.45, 2.75) is 26.2 Å². The Balaban J connectivity index is 2.11. The summed E-state index contributed by atoms with van der Waals surface area (Å²) in [5, 5.41) is 13.7. The normalized spacial score (nSPS) is 11.7. The van der Waals surface area contributed by atoms with Crippen molar-refractivity contribution in [2.75, 3.05) is 13.1 Å². The van der Waals surface area contributed by atoms with E-state index in [-0.39, 0.29) is 30.6 Å². The Labute approximate surface area is 122 Å². The first-order valence-corrected chi connectivity index (χ1v) is 6.79. The summed E-state index contributed by atoms with van der Waals surface area (Å²) in [5.41, 5.74) is 0. The Hall–Kier alpha value is -2.31. The second kappa shape index (κ2) is 8.78. The molecule has 0 aliphatic rings. The van der Waals surface area contributed by atoms with Gasteiger partial charge in [-0.05, 0) is 30.9 Å². The van der Waals surface area contributed by atoms with Crippen LogP contribution in [0.4, 0.5) is 0 Å². The summed E-state index contributed by atoms with van der Waals surface area (Å²) < 4.78 is 4.89. The largest absolute Gasteiger partial charge is 0.481 e. The van der Waals surface area contributed by atoms with E-state index in [0.717, 1.165) is 0 Å². The zero-order valence-corrected chi connectivity index (χ0v) is 11.9. The number of hydrogen-bond donors (Lipinski definition) is 3. The van der Waals surface area contributed by atoms with Crippen LogP contribution in [0.5, 0.6) is 0 Å². The molecule has 1 heterocycles. The summed E-state index contributed by atoms with van der Waals surface area (Å²) in [7, 11) is 0. The van der Waals surface area contributed by atoms with Gasteiger partial charge in [0.25, 0.3) is 5.91 Å². The molecular weight excluding hydrogens is 276 g/mol. The third kappa shape index (κ3) is 7.14. The maximum absolute atomic E-state index is 11.5. The van der Waals surface area contributed by atoms with Crippen LogP contribution in [0.1, 0.15) is 36.7 Å². The predicted octanol–water partition coefficient (Wildman–Crippen LogP) is 1.02. The molecule has 0 aromatic carbocycles. The number of furan rings is 1. The fourth-order valence-electron chi connectivity index (χ4n) is 1.69. The van der Waals surface area contributed by atoms with Crippen LogP contribution in [0.2, 0.25) is 0 Å². The van der Waals surface area contributed by atoms with Crippen molar-refractivity contribution in [1.82, 2.24) is 10.6 Å². The lowest BCUT2D eigenvalue weighted by Crippen LogP contribution is -2.37. The van der Waals surface area contributed by atoms with Gasteiger partial charge in [-0.3, -0.25) is 14.4 Å². The standard InChI is InChI=1S/C14H20N2O5/c1-10(4-5-13(18)19)6-7-15-12(17)9-16-14(20)11-3-2-8-21-11/h2-3,8,10H,4-7,9H2,1H3,(H,15,17)(H,16,20)(H,18,19). The number of carbonyl (C=O) groups excluding carboxylic acids is 2. The van der Waals surface area contributed by atoms with Crippen LogP contribution in [0.3, 0.4) is 0 Å². The molecule has 1 atom stereocenters. The number of amides is 2. The summed E-state index contributed by atoms with van der Waals surface area (Å²) in [6.07, 6.45) is 2.80. The Kier molecular flexibility index (Phi) is 7.00. The molecule has 0 saturated heterocycles. The SMILES string of the molecule is CC(CCNC(=O)CNC(=O)c1ccco1)CCC(=O)O. The lowest BCUT2D eigenvalue weighted by Gasteiger charge is -2.11. The fourth-order valence-corrected chi connectivity index (χ4v) is 1.69.